The van der Waals surface area contributed by atoms with Crippen molar-refractivity contribution >= 4 is 27.5 Å². The second kappa shape index (κ2) is 8.48. The molecule has 1 amide bonds. The summed E-state index contributed by atoms with van der Waals surface area (Å²) in [6, 6.07) is 18.0. The number of amides is 1. The van der Waals surface area contributed by atoms with Gasteiger partial charge in [0.25, 0.3) is 11.5 Å². The Hall–Kier alpha value is -3.49. The molecule has 0 saturated heterocycles. The SMILES string of the molecule is O=C(NO)c1ccc(Cn2c(=O)n(CCc3ccccc3)c(=O)c3ccsc32)cc1. The molecule has 0 fully saturated rings. The fraction of sp³-hybridized carbons (Fsp3) is 0.136. The number of carbonyl (C=O) groups is 1. The number of hydrogen-bond donors (Lipinski definition) is 2. The maximum atomic E-state index is 13.2. The van der Waals surface area contributed by atoms with Gasteiger partial charge >= 0.3 is 5.69 Å². The van der Waals surface area contributed by atoms with Crippen LogP contribution in [-0.4, -0.2) is 20.2 Å². The van der Waals surface area contributed by atoms with E-state index in [9.17, 15) is 14.4 Å². The number of aryl methyl sites for hydroxylation is 1. The van der Waals surface area contributed by atoms with Gasteiger partial charge in [-0.15, -0.1) is 11.3 Å². The third-order valence-corrected chi connectivity index (χ3v) is 5.89. The Morgan fingerprint density at radius 2 is 1.67 bits per heavy atom. The zero-order valence-electron chi connectivity index (χ0n) is 15.9. The highest BCUT2D eigenvalue weighted by molar-refractivity contribution is 7.16. The quantitative estimate of drug-likeness (QED) is 0.370. The molecule has 7 nitrogen and oxygen atoms in total. The number of nitrogens with one attached hydrogen (secondary N) is 1. The van der Waals surface area contributed by atoms with E-state index in [0.29, 0.717) is 28.7 Å². The molecule has 30 heavy (non-hydrogen) atoms. The Morgan fingerprint density at radius 3 is 2.37 bits per heavy atom. The van der Waals surface area contributed by atoms with Crippen molar-refractivity contribution in [3.05, 3.63) is 104 Å². The molecule has 2 aromatic heterocycles. The van der Waals surface area contributed by atoms with Gasteiger partial charge in [0, 0.05) is 12.1 Å². The molecule has 0 aliphatic heterocycles. The first-order chi connectivity index (χ1) is 14.6. The van der Waals surface area contributed by atoms with Crippen molar-refractivity contribution in [3.63, 3.8) is 0 Å². The molecule has 2 aromatic carbocycles. The summed E-state index contributed by atoms with van der Waals surface area (Å²) in [6.45, 7) is 0.561. The minimum atomic E-state index is -0.603. The molecule has 0 spiro atoms. The van der Waals surface area contributed by atoms with Gasteiger partial charge in [0.2, 0.25) is 0 Å². The van der Waals surface area contributed by atoms with E-state index in [0.717, 1.165) is 11.1 Å². The molecule has 0 saturated carbocycles. The van der Waals surface area contributed by atoms with Crippen LogP contribution in [0.15, 0.2) is 75.6 Å². The number of nitrogens with zero attached hydrogens (tertiary/aromatic N) is 2. The van der Waals surface area contributed by atoms with Crippen molar-refractivity contribution in [3.8, 4) is 0 Å². The molecule has 0 radical (unpaired) electrons. The van der Waals surface area contributed by atoms with Gasteiger partial charge in [-0.2, -0.15) is 0 Å². The molecule has 2 N–H and O–H groups in total. The number of hydroxylamine groups is 1. The lowest BCUT2D eigenvalue weighted by Crippen LogP contribution is -2.40. The highest BCUT2D eigenvalue weighted by Gasteiger charge is 2.15. The number of benzene rings is 2. The highest BCUT2D eigenvalue weighted by Crippen LogP contribution is 2.17. The predicted molar refractivity (Wildman–Crippen MR) is 115 cm³/mol. The Labute approximate surface area is 175 Å². The third kappa shape index (κ3) is 3.83. The minimum Gasteiger partial charge on any atom is -0.288 e. The summed E-state index contributed by atoms with van der Waals surface area (Å²) in [5.74, 6) is -0.603. The van der Waals surface area contributed by atoms with E-state index < -0.39 is 5.91 Å². The molecule has 2 heterocycles. The molecule has 4 aromatic rings. The maximum absolute atomic E-state index is 13.2. The van der Waals surface area contributed by atoms with Gasteiger partial charge in [-0.1, -0.05) is 42.5 Å². The maximum Gasteiger partial charge on any atom is 0.332 e. The summed E-state index contributed by atoms with van der Waals surface area (Å²) < 4.78 is 2.88. The fourth-order valence-electron chi connectivity index (χ4n) is 3.37. The van der Waals surface area contributed by atoms with E-state index in [2.05, 4.69) is 0 Å². The molecule has 8 heteroatoms. The van der Waals surface area contributed by atoms with Crippen LogP contribution in [0, 0.1) is 0 Å². The number of rotatable bonds is 6. The molecule has 152 valence electrons. The minimum absolute atomic E-state index is 0.266. The molecule has 0 aliphatic rings. The van der Waals surface area contributed by atoms with Crippen LogP contribution in [0.2, 0.25) is 0 Å². The van der Waals surface area contributed by atoms with E-state index in [-0.39, 0.29) is 17.8 Å². The van der Waals surface area contributed by atoms with Crippen molar-refractivity contribution in [1.29, 1.82) is 0 Å². The predicted octanol–water partition coefficient (Wildman–Crippen LogP) is 2.63. The highest BCUT2D eigenvalue weighted by atomic mass is 32.1. The van der Waals surface area contributed by atoms with Gasteiger partial charge in [0.05, 0.1) is 11.9 Å². The number of thiophene rings is 1. The summed E-state index contributed by atoms with van der Waals surface area (Å²) >= 11 is 1.35. The van der Waals surface area contributed by atoms with Crippen molar-refractivity contribution < 1.29 is 10.0 Å². The van der Waals surface area contributed by atoms with E-state index in [1.807, 2.05) is 30.3 Å². The molecular weight excluding hydrogens is 402 g/mol. The van der Waals surface area contributed by atoms with Crippen LogP contribution < -0.4 is 16.7 Å². The average molecular weight is 421 g/mol. The third-order valence-electron chi connectivity index (χ3n) is 4.95. The topological polar surface area (TPSA) is 93.3 Å². The Balaban J connectivity index is 1.70. The van der Waals surface area contributed by atoms with E-state index in [4.69, 9.17) is 5.21 Å². The van der Waals surface area contributed by atoms with Crippen molar-refractivity contribution in [2.24, 2.45) is 0 Å². The number of carbonyl (C=O) groups excluding carboxylic acids is 1. The van der Waals surface area contributed by atoms with Crippen LogP contribution in [0.5, 0.6) is 0 Å². The van der Waals surface area contributed by atoms with Crippen LogP contribution in [0.25, 0.3) is 10.2 Å². The number of fused-ring (bicyclic) bond motifs is 1. The Morgan fingerprint density at radius 1 is 0.933 bits per heavy atom. The van der Waals surface area contributed by atoms with Crippen molar-refractivity contribution in [2.45, 2.75) is 19.5 Å². The smallest absolute Gasteiger partial charge is 0.288 e. The van der Waals surface area contributed by atoms with Gasteiger partial charge in [-0.25, -0.2) is 10.3 Å². The zero-order valence-corrected chi connectivity index (χ0v) is 16.8. The molecular formula is C22H19N3O4S. The molecule has 0 aliphatic carbocycles. The van der Waals surface area contributed by atoms with Crippen LogP contribution >= 0.6 is 11.3 Å². The van der Waals surface area contributed by atoms with E-state index >= 15 is 0 Å². The van der Waals surface area contributed by atoms with Gasteiger partial charge in [-0.3, -0.25) is 23.9 Å². The van der Waals surface area contributed by atoms with Gasteiger partial charge in [-0.05, 0) is 41.1 Å². The largest absolute Gasteiger partial charge is 0.332 e. The van der Waals surface area contributed by atoms with Crippen LogP contribution in [0.4, 0.5) is 0 Å². The summed E-state index contributed by atoms with van der Waals surface area (Å²) in [4.78, 5) is 38.2. The summed E-state index contributed by atoms with van der Waals surface area (Å²) in [5.41, 5.74) is 3.12. The second-order valence-corrected chi connectivity index (χ2v) is 7.73. The second-order valence-electron chi connectivity index (χ2n) is 6.84. The normalized spacial score (nSPS) is 11.0. The first-order valence-corrected chi connectivity index (χ1v) is 10.2. The Bertz CT molecular complexity index is 1300. The van der Waals surface area contributed by atoms with Crippen molar-refractivity contribution in [2.75, 3.05) is 0 Å². The lowest BCUT2D eigenvalue weighted by molar-refractivity contribution is 0.0706. The lowest BCUT2D eigenvalue weighted by Gasteiger charge is -2.12. The fourth-order valence-corrected chi connectivity index (χ4v) is 4.25. The molecule has 0 bridgehead atoms. The van der Waals surface area contributed by atoms with E-state index in [1.54, 1.807) is 45.8 Å². The summed E-state index contributed by atoms with van der Waals surface area (Å²) in [7, 11) is 0. The number of hydrogen-bond acceptors (Lipinski definition) is 5. The molecule has 4 rings (SSSR count). The zero-order chi connectivity index (χ0) is 21.1. The first kappa shape index (κ1) is 19.8. The molecule has 0 atom stereocenters. The summed E-state index contributed by atoms with van der Waals surface area (Å²) in [6.07, 6.45) is 0.580. The van der Waals surface area contributed by atoms with Crippen LogP contribution in [-0.2, 0) is 19.5 Å². The molecule has 0 unspecified atom stereocenters. The van der Waals surface area contributed by atoms with Gasteiger partial charge < -0.3 is 0 Å². The first-order valence-electron chi connectivity index (χ1n) is 9.36. The monoisotopic (exact) mass is 421 g/mol. The van der Waals surface area contributed by atoms with Crippen LogP contribution in [0.3, 0.4) is 0 Å². The van der Waals surface area contributed by atoms with Gasteiger partial charge in [0.15, 0.2) is 0 Å². The van der Waals surface area contributed by atoms with Crippen LogP contribution in [0.1, 0.15) is 21.5 Å². The van der Waals surface area contributed by atoms with Crippen molar-refractivity contribution in [1.82, 2.24) is 14.6 Å². The Kier molecular flexibility index (Phi) is 5.60. The standard InChI is InChI=1S/C22H19N3O4S/c26-19(23-29)17-8-6-16(7-9-17)14-25-21-18(11-13-30-21)20(27)24(22(25)28)12-10-15-4-2-1-3-5-15/h1-9,11,13,29H,10,12,14H2,(H,23,26). The van der Waals surface area contributed by atoms with Gasteiger partial charge in [0.1, 0.15) is 4.83 Å². The van der Waals surface area contributed by atoms with E-state index in [1.165, 1.54) is 15.9 Å². The number of aromatic nitrogens is 2. The lowest BCUT2D eigenvalue weighted by atomic mass is 10.1. The average Bonchev–Trinajstić information content (AvgIpc) is 3.27. The summed E-state index contributed by atoms with van der Waals surface area (Å²) in [5, 5.41) is 11.1.